The maximum absolute atomic E-state index is 15.0. The van der Waals surface area contributed by atoms with Gasteiger partial charge in [-0.3, -0.25) is 67.1 Å². The summed E-state index contributed by atoms with van der Waals surface area (Å²) in [6.45, 7) is 10.6. The molecule has 3 aromatic carbocycles. The number of thioether (sulfide) groups is 1. The van der Waals surface area contributed by atoms with Crippen molar-refractivity contribution in [1.82, 2.24) is 73.8 Å². The minimum atomic E-state index is -1.81. The lowest BCUT2D eigenvalue weighted by atomic mass is 9.96. The van der Waals surface area contributed by atoms with E-state index in [1.165, 1.54) is 6.92 Å². The smallest absolute Gasteiger partial charge is 0.245 e. The number of para-hydroxylation sites is 2. The molecule has 0 spiro atoms. The molecule has 23 N–H and O–H groups in total. The summed E-state index contributed by atoms with van der Waals surface area (Å²) in [5.41, 5.74) is 26.3. The van der Waals surface area contributed by atoms with E-state index in [2.05, 4.69) is 73.8 Å². The molecule has 1 fully saturated rings. The first-order valence-electron chi connectivity index (χ1n) is 36.4. The minimum Gasteiger partial charge on any atom is -0.391 e. The summed E-state index contributed by atoms with van der Waals surface area (Å²) >= 11 is 0.871. The maximum Gasteiger partial charge on any atom is 0.245 e. The molecule has 34 heteroatoms. The number of aliphatic hydroxyl groups is 1. The minimum absolute atomic E-state index is 0.0345. The third-order valence-corrected chi connectivity index (χ3v) is 19.6. The molecule has 3 heterocycles. The molecule has 108 heavy (non-hydrogen) atoms. The molecule has 0 radical (unpaired) electrons. The molecule has 5 aromatic rings. The largest absolute Gasteiger partial charge is 0.391 e. The number of carbonyl (C=O) groups is 14. The van der Waals surface area contributed by atoms with Crippen LogP contribution in [0.15, 0.2) is 91.3 Å². The van der Waals surface area contributed by atoms with E-state index < -0.39 is 192 Å². The molecule has 588 valence electrons. The highest BCUT2D eigenvalue weighted by atomic mass is 32.2. The lowest BCUT2D eigenvalue weighted by Crippen LogP contribution is -2.62. The first-order chi connectivity index (χ1) is 51.4. The Morgan fingerprint density at radius 1 is 0.463 bits per heavy atom. The zero-order valence-corrected chi connectivity index (χ0v) is 62.8. The normalized spacial score (nSPS) is 23.9. The summed E-state index contributed by atoms with van der Waals surface area (Å²) in [5, 5.41) is 43.8. The van der Waals surface area contributed by atoms with Gasteiger partial charge in [0.15, 0.2) is 0 Å². The third kappa shape index (κ3) is 26.2. The Morgan fingerprint density at radius 3 is 1.36 bits per heavy atom. The Bertz CT molecular complexity index is 3940. The molecule has 2 aromatic heterocycles. The van der Waals surface area contributed by atoms with Crippen molar-refractivity contribution in [3.8, 4) is 0 Å². The van der Waals surface area contributed by atoms with Gasteiger partial charge in [-0.25, -0.2) is 0 Å². The van der Waals surface area contributed by atoms with Crippen LogP contribution in [0.2, 0.25) is 0 Å². The standard InChI is InChI=1S/C74H106N18O15S/c1-8-41(6)62-74(107)92-63(42(7)93)71(104)81-36-58(95)82-50(26-16-18-28-75)65(98)87-55(33-57(77)94)67(100)86-54(32-45-35-80-49-25-15-13-23-47(45)49)70(103)89-60(39(2)3)72(105)84-51(27-17-19-29-76)66(99)85-53(31-44-34-79-48-24-14-12-22-46(44)48)69(102)90-61(40(4)5)73(106)88-56(64(78)97)37-108-38-59(96)83-52(68(101)91-62)30-43-20-10-9-11-21-43/h9-15,20-25,34-35,39-42,50-56,60-63,79-80,93H,8,16-19,26-33,36-38,75-76H2,1-7H3,(H2,77,94)(H2,78,97)(H,81,104)(H,82,95)(H,83,96)(H,84,105)(H,85,99)(H,86,100)(H,87,98)(H,88,106)(H,89,103)(H,90,102)(H,91,101)(H,92,107)/t41-,42+,50-,51-,52-,53-,54-,55-,56-,60-,61-,62-,63-/m0/s1. The Labute approximate surface area is 630 Å². The molecule has 0 unspecified atom stereocenters. The summed E-state index contributed by atoms with van der Waals surface area (Å²) in [7, 11) is 0. The van der Waals surface area contributed by atoms with Crippen LogP contribution in [0, 0.1) is 17.8 Å². The van der Waals surface area contributed by atoms with Gasteiger partial charge in [0.25, 0.3) is 0 Å². The Hall–Kier alpha value is -10.4. The lowest BCUT2D eigenvalue weighted by Gasteiger charge is -2.29. The SMILES string of the molecule is CC[C@H](C)[C@@H]1NC(=O)[C@H](Cc2ccccc2)NC(=O)CSC[C@@H](C(N)=O)NC(=O)[C@H](C(C)C)NC(=O)[C@H](Cc2c[nH]c3ccccc23)NC(=O)[C@H](CCCCN)NC(=O)[C@H](C(C)C)NC(=O)[C@H](Cc2c[nH]c3ccccc23)NC(=O)[C@H](CC(N)=O)NC(=O)[C@H](CCCCN)NC(=O)CNC(=O)[C@H]([C@@H](C)O)NC1=O. The van der Waals surface area contributed by atoms with Crippen LogP contribution in [-0.2, 0) is 86.4 Å². The quantitative estimate of drug-likeness (QED) is 0.0341. The van der Waals surface area contributed by atoms with Crippen molar-refractivity contribution in [1.29, 1.82) is 0 Å². The number of hydrogen-bond acceptors (Lipinski definition) is 18. The van der Waals surface area contributed by atoms with Gasteiger partial charge in [-0.1, -0.05) is 115 Å². The van der Waals surface area contributed by atoms with E-state index in [0.29, 0.717) is 51.3 Å². The second-order valence-corrected chi connectivity index (χ2v) is 28.8. The van der Waals surface area contributed by atoms with Crippen LogP contribution in [0.1, 0.15) is 117 Å². The van der Waals surface area contributed by atoms with Crippen molar-refractivity contribution >= 4 is 116 Å². The average Bonchev–Trinajstić information content (AvgIpc) is 1.66. The van der Waals surface area contributed by atoms with Gasteiger partial charge >= 0.3 is 0 Å². The molecular formula is C74H106N18O15S. The van der Waals surface area contributed by atoms with E-state index >= 15 is 4.79 Å². The molecule has 0 aliphatic carbocycles. The number of nitrogens with one attached hydrogen (secondary N) is 14. The van der Waals surface area contributed by atoms with Gasteiger partial charge < -0.3 is 102 Å². The summed E-state index contributed by atoms with van der Waals surface area (Å²) in [6.07, 6.45) is 1.70. The average molecular weight is 1520 g/mol. The van der Waals surface area contributed by atoms with Gasteiger partial charge in [-0.15, -0.1) is 11.8 Å². The number of rotatable bonds is 22. The van der Waals surface area contributed by atoms with Crippen LogP contribution in [0.4, 0.5) is 0 Å². The number of primary amides is 2. The number of nitrogens with two attached hydrogens (primary N) is 4. The molecule has 33 nitrogen and oxygen atoms in total. The molecule has 1 saturated heterocycles. The van der Waals surface area contributed by atoms with E-state index in [9.17, 15) is 67.4 Å². The van der Waals surface area contributed by atoms with Crippen LogP contribution in [-0.4, -0.2) is 201 Å². The number of aliphatic hydroxyl groups excluding tert-OH is 1. The van der Waals surface area contributed by atoms with E-state index in [4.69, 9.17) is 22.9 Å². The number of hydrogen-bond donors (Lipinski definition) is 19. The van der Waals surface area contributed by atoms with Gasteiger partial charge in [0, 0.05) is 59.2 Å². The van der Waals surface area contributed by atoms with Crippen LogP contribution in [0.5, 0.6) is 0 Å². The van der Waals surface area contributed by atoms with Crippen molar-refractivity contribution in [2.45, 2.75) is 192 Å². The summed E-state index contributed by atoms with van der Waals surface area (Å²) in [6, 6.07) is 6.30. The number of benzene rings is 3. The number of unbranched alkanes of at least 4 members (excludes halogenated alkanes) is 2. The van der Waals surface area contributed by atoms with Crippen molar-refractivity contribution < 1.29 is 72.2 Å². The Morgan fingerprint density at radius 2 is 0.880 bits per heavy atom. The lowest BCUT2D eigenvalue weighted by molar-refractivity contribution is -0.137. The number of aromatic amines is 2. The molecule has 0 saturated carbocycles. The van der Waals surface area contributed by atoms with E-state index in [1.54, 1.807) is 127 Å². The molecule has 14 amide bonds. The van der Waals surface area contributed by atoms with Crippen LogP contribution in [0.25, 0.3) is 21.8 Å². The Kier molecular flexibility index (Phi) is 34.2. The van der Waals surface area contributed by atoms with Crippen molar-refractivity contribution in [2.24, 2.45) is 40.7 Å². The highest BCUT2D eigenvalue weighted by Gasteiger charge is 2.39. The fraction of sp³-hybridized carbons (Fsp3) is 0.514. The number of fused-ring (bicyclic) bond motifs is 2. The highest BCUT2D eigenvalue weighted by Crippen LogP contribution is 2.23. The zero-order valence-electron chi connectivity index (χ0n) is 62.0. The van der Waals surface area contributed by atoms with Crippen LogP contribution in [0.3, 0.4) is 0 Å². The highest BCUT2D eigenvalue weighted by molar-refractivity contribution is 8.00. The molecule has 1 aliphatic rings. The van der Waals surface area contributed by atoms with Gasteiger partial charge in [-0.2, -0.15) is 0 Å². The molecule has 1 aliphatic heterocycles. The third-order valence-electron chi connectivity index (χ3n) is 18.6. The van der Waals surface area contributed by atoms with Crippen molar-refractivity contribution in [2.75, 3.05) is 31.1 Å². The van der Waals surface area contributed by atoms with Crippen LogP contribution >= 0.6 is 11.8 Å². The topological polar surface area (TPSA) is 539 Å². The summed E-state index contributed by atoms with van der Waals surface area (Å²) in [4.78, 5) is 206. The second kappa shape index (κ2) is 42.8. The molecule has 13 atom stereocenters. The van der Waals surface area contributed by atoms with Gasteiger partial charge in [-0.05, 0) is 105 Å². The second-order valence-electron chi connectivity index (χ2n) is 27.8. The zero-order chi connectivity index (χ0) is 79.3. The predicted octanol–water partition coefficient (Wildman–Crippen LogP) is -1.77. The maximum atomic E-state index is 15.0. The van der Waals surface area contributed by atoms with E-state index in [0.717, 1.165) is 11.8 Å². The first kappa shape index (κ1) is 86.5. The molecule has 6 rings (SSSR count). The summed E-state index contributed by atoms with van der Waals surface area (Å²) < 4.78 is 0. The van der Waals surface area contributed by atoms with E-state index in [1.807, 2.05) is 6.07 Å². The van der Waals surface area contributed by atoms with E-state index in [-0.39, 0.29) is 70.2 Å². The fourth-order valence-corrected chi connectivity index (χ4v) is 13.1. The van der Waals surface area contributed by atoms with Gasteiger partial charge in [0.2, 0.25) is 82.7 Å². The number of amides is 14. The molecular weight excluding hydrogens is 1410 g/mol. The molecule has 0 bridgehead atoms. The van der Waals surface area contributed by atoms with Gasteiger partial charge in [0.05, 0.1) is 24.8 Å². The van der Waals surface area contributed by atoms with Crippen molar-refractivity contribution in [3.05, 3.63) is 108 Å². The predicted molar refractivity (Wildman–Crippen MR) is 405 cm³/mol. The fourth-order valence-electron chi connectivity index (χ4n) is 12.2. The van der Waals surface area contributed by atoms with Gasteiger partial charge in [0.1, 0.15) is 66.5 Å². The summed E-state index contributed by atoms with van der Waals surface area (Å²) in [5.74, 6) is -15.8. The number of aromatic nitrogens is 2. The van der Waals surface area contributed by atoms with Crippen molar-refractivity contribution in [3.63, 3.8) is 0 Å². The number of H-pyrrole nitrogens is 2. The first-order valence-corrected chi connectivity index (χ1v) is 37.6. The monoisotopic (exact) mass is 1520 g/mol. The number of carbonyl (C=O) groups excluding carboxylic acids is 14. The van der Waals surface area contributed by atoms with Crippen LogP contribution < -0.4 is 86.7 Å². The Balaban J connectivity index is 1.40.